The molecule has 0 aromatic rings. The fraction of sp³-hybridized carbons (Fsp3) is 1.00. The van der Waals surface area contributed by atoms with Gasteiger partial charge in [-0.3, -0.25) is 0 Å². The minimum absolute atomic E-state index is 0.182. The third-order valence-corrected chi connectivity index (χ3v) is 2.69. The van der Waals surface area contributed by atoms with Crippen molar-refractivity contribution in [3.63, 3.8) is 0 Å². The predicted octanol–water partition coefficient (Wildman–Crippen LogP) is 2.95. The molecule has 0 heterocycles. The predicted molar refractivity (Wildman–Crippen MR) is 67.1 cm³/mol. The molecule has 0 aliphatic rings. The molecule has 15 heavy (non-hydrogen) atoms. The summed E-state index contributed by atoms with van der Waals surface area (Å²) in [6.45, 7) is 9.47. The molecule has 0 aromatic heterocycles. The average molecular weight is 215 g/mol. The van der Waals surface area contributed by atoms with Gasteiger partial charge < -0.3 is 10.4 Å². The van der Waals surface area contributed by atoms with Crippen LogP contribution in [0.25, 0.3) is 0 Å². The molecule has 0 spiro atoms. The SMILES string of the molecule is CCCCCC(C)NCC(O)CC(C)C. The molecule has 0 aliphatic heterocycles. The van der Waals surface area contributed by atoms with Crippen LogP contribution in [0, 0.1) is 5.92 Å². The molecule has 2 N–H and O–H groups in total. The van der Waals surface area contributed by atoms with E-state index in [2.05, 4.69) is 33.0 Å². The number of hydrogen-bond donors (Lipinski definition) is 2. The van der Waals surface area contributed by atoms with Crippen LogP contribution in [0.1, 0.15) is 59.8 Å². The summed E-state index contributed by atoms with van der Waals surface area (Å²) in [5, 5.41) is 13.1. The Bertz CT molecular complexity index is 136. The summed E-state index contributed by atoms with van der Waals surface area (Å²) in [5.41, 5.74) is 0. The Morgan fingerprint density at radius 3 is 2.33 bits per heavy atom. The topological polar surface area (TPSA) is 32.3 Å². The van der Waals surface area contributed by atoms with Crippen molar-refractivity contribution < 1.29 is 5.11 Å². The highest BCUT2D eigenvalue weighted by Gasteiger charge is 2.08. The zero-order valence-electron chi connectivity index (χ0n) is 10.9. The lowest BCUT2D eigenvalue weighted by atomic mass is 10.1. The summed E-state index contributed by atoms with van der Waals surface area (Å²) in [6.07, 6.45) is 5.84. The Morgan fingerprint density at radius 2 is 1.80 bits per heavy atom. The number of rotatable bonds is 9. The number of aliphatic hydroxyl groups excluding tert-OH is 1. The first-order valence-electron chi connectivity index (χ1n) is 6.47. The van der Waals surface area contributed by atoms with Crippen LogP contribution in [0.3, 0.4) is 0 Å². The maximum atomic E-state index is 9.68. The zero-order chi connectivity index (χ0) is 11.7. The summed E-state index contributed by atoms with van der Waals surface area (Å²) < 4.78 is 0. The second-order valence-electron chi connectivity index (χ2n) is 5.09. The number of hydrogen-bond acceptors (Lipinski definition) is 2. The molecule has 0 fully saturated rings. The van der Waals surface area contributed by atoms with E-state index in [9.17, 15) is 5.11 Å². The monoisotopic (exact) mass is 215 g/mol. The van der Waals surface area contributed by atoms with Gasteiger partial charge in [0.25, 0.3) is 0 Å². The summed E-state index contributed by atoms with van der Waals surface area (Å²) >= 11 is 0. The van der Waals surface area contributed by atoms with E-state index in [1.165, 1.54) is 25.7 Å². The third kappa shape index (κ3) is 10.2. The van der Waals surface area contributed by atoms with Crippen LogP contribution in [-0.2, 0) is 0 Å². The lowest BCUT2D eigenvalue weighted by Gasteiger charge is -2.18. The largest absolute Gasteiger partial charge is 0.392 e. The van der Waals surface area contributed by atoms with Crippen LogP contribution < -0.4 is 5.32 Å². The Hall–Kier alpha value is -0.0800. The lowest BCUT2D eigenvalue weighted by Crippen LogP contribution is -2.34. The first-order valence-corrected chi connectivity index (χ1v) is 6.47. The first-order chi connectivity index (χ1) is 7.06. The number of unbranched alkanes of at least 4 members (excludes halogenated alkanes) is 2. The molecular formula is C13H29NO. The molecule has 0 aromatic carbocycles. The van der Waals surface area contributed by atoms with Gasteiger partial charge in [-0.25, -0.2) is 0 Å². The second kappa shape index (κ2) is 9.17. The smallest absolute Gasteiger partial charge is 0.0667 e. The van der Waals surface area contributed by atoms with E-state index in [4.69, 9.17) is 0 Å². The van der Waals surface area contributed by atoms with Crippen molar-refractivity contribution >= 4 is 0 Å². The molecule has 0 saturated carbocycles. The van der Waals surface area contributed by atoms with Crippen molar-refractivity contribution in [2.75, 3.05) is 6.54 Å². The molecule has 2 heteroatoms. The Kier molecular flexibility index (Phi) is 9.12. The summed E-state index contributed by atoms with van der Waals surface area (Å²) in [6, 6.07) is 0.540. The van der Waals surface area contributed by atoms with Gasteiger partial charge in [-0.15, -0.1) is 0 Å². The van der Waals surface area contributed by atoms with Gasteiger partial charge in [-0.05, 0) is 25.7 Å². The van der Waals surface area contributed by atoms with Gasteiger partial charge in [0.1, 0.15) is 0 Å². The van der Waals surface area contributed by atoms with Crippen LogP contribution in [0.15, 0.2) is 0 Å². The third-order valence-electron chi connectivity index (χ3n) is 2.69. The minimum Gasteiger partial charge on any atom is -0.392 e. The molecule has 92 valence electrons. The standard InChI is InChI=1S/C13H29NO/c1-5-6-7-8-12(4)14-10-13(15)9-11(2)3/h11-15H,5-10H2,1-4H3. The molecule has 0 bridgehead atoms. The highest BCUT2D eigenvalue weighted by atomic mass is 16.3. The van der Waals surface area contributed by atoms with Crippen molar-refractivity contribution in [2.45, 2.75) is 71.9 Å². The fourth-order valence-electron chi connectivity index (χ4n) is 1.77. The molecule has 2 atom stereocenters. The van der Waals surface area contributed by atoms with E-state index in [0.29, 0.717) is 12.0 Å². The van der Waals surface area contributed by atoms with Gasteiger partial charge in [0.05, 0.1) is 6.10 Å². The van der Waals surface area contributed by atoms with Gasteiger partial charge in [0.2, 0.25) is 0 Å². The summed E-state index contributed by atoms with van der Waals surface area (Å²) in [5.74, 6) is 0.581. The normalized spacial score (nSPS) is 15.6. The van der Waals surface area contributed by atoms with E-state index in [1.807, 2.05) is 0 Å². The van der Waals surface area contributed by atoms with Crippen molar-refractivity contribution in [1.29, 1.82) is 0 Å². The van der Waals surface area contributed by atoms with E-state index >= 15 is 0 Å². The van der Waals surface area contributed by atoms with Crippen LogP contribution in [0.2, 0.25) is 0 Å². The van der Waals surface area contributed by atoms with E-state index in [-0.39, 0.29) is 6.10 Å². The molecule has 0 rings (SSSR count). The molecular weight excluding hydrogens is 186 g/mol. The van der Waals surface area contributed by atoms with Crippen molar-refractivity contribution in [3.05, 3.63) is 0 Å². The van der Waals surface area contributed by atoms with Gasteiger partial charge in [0.15, 0.2) is 0 Å². The van der Waals surface area contributed by atoms with Crippen LogP contribution in [0.4, 0.5) is 0 Å². The molecule has 0 saturated heterocycles. The Balaban J connectivity index is 3.39. The maximum absolute atomic E-state index is 9.68. The Labute approximate surface area is 95.5 Å². The van der Waals surface area contributed by atoms with Crippen molar-refractivity contribution in [2.24, 2.45) is 5.92 Å². The van der Waals surface area contributed by atoms with Crippen LogP contribution >= 0.6 is 0 Å². The first kappa shape index (κ1) is 14.9. The van der Waals surface area contributed by atoms with Gasteiger partial charge in [-0.1, -0.05) is 40.0 Å². The van der Waals surface area contributed by atoms with E-state index in [0.717, 1.165) is 13.0 Å². The van der Waals surface area contributed by atoms with Crippen LogP contribution in [-0.4, -0.2) is 23.8 Å². The average Bonchev–Trinajstić information content (AvgIpc) is 2.14. The minimum atomic E-state index is -0.182. The zero-order valence-corrected chi connectivity index (χ0v) is 10.9. The van der Waals surface area contributed by atoms with Gasteiger partial charge in [0, 0.05) is 12.6 Å². The van der Waals surface area contributed by atoms with Crippen molar-refractivity contribution in [3.8, 4) is 0 Å². The number of aliphatic hydroxyl groups is 1. The van der Waals surface area contributed by atoms with Crippen molar-refractivity contribution in [1.82, 2.24) is 5.32 Å². The molecule has 2 nitrogen and oxygen atoms in total. The Morgan fingerprint density at radius 1 is 1.13 bits per heavy atom. The quantitative estimate of drug-likeness (QED) is 0.580. The van der Waals surface area contributed by atoms with E-state index in [1.54, 1.807) is 0 Å². The van der Waals surface area contributed by atoms with Gasteiger partial charge >= 0.3 is 0 Å². The number of nitrogens with one attached hydrogen (secondary N) is 1. The summed E-state index contributed by atoms with van der Waals surface area (Å²) in [4.78, 5) is 0. The molecule has 2 unspecified atom stereocenters. The van der Waals surface area contributed by atoms with Gasteiger partial charge in [-0.2, -0.15) is 0 Å². The highest BCUT2D eigenvalue weighted by molar-refractivity contribution is 4.66. The molecule has 0 aliphatic carbocycles. The maximum Gasteiger partial charge on any atom is 0.0667 e. The van der Waals surface area contributed by atoms with Crippen LogP contribution in [0.5, 0.6) is 0 Å². The molecule has 0 amide bonds. The fourth-order valence-corrected chi connectivity index (χ4v) is 1.77. The molecule has 0 radical (unpaired) electrons. The summed E-state index contributed by atoms with van der Waals surface area (Å²) in [7, 11) is 0. The van der Waals surface area contributed by atoms with E-state index < -0.39 is 0 Å². The second-order valence-corrected chi connectivity index (χ2v) is 5.09. The highest BCUT2D eigenvalue weighted by Crippen LogP contribution is 2.05. The lowest BCUT2D eigenvalue weighted by molar-refractivity contribution is 0.142.